The summed E-state index contributed by atoms with van der Waals surface area (Å²) in [6.45, 7) is 5.70. The fourth-order valence-corrected chi connectivity index (χ4v) is 4.14. The van der Waals surface area contributed by atoms with Gasteiger partial charge in [0.25, 0.3) is 0 Å². The van der Waals surface area contributed by atoms with Gasteiger partial charge in [-0.3, -0.25) is 0 Å². The maximum absolute atomic E-state index is 4.51. The largest absolute Gasteiger partial charge is 0.314 e. The number of aromatic nitrogens is 3. The van der Waals surface area contributed by atoms with Gasteiger partial charge < -0.3 is 9.88 Å². The second-order valence-electron chi connectivity index (χ2n) is 6.88. The zero-order valence-electron chi connectivity index (χ0n) is 13.6. The fourth-order valence-electron chi connectivity index (χ4n) is 4.14. The van der Waals surface area contributed by atoms with Crippen molar-refractivity contribution in [2.75, 3.05) is 0 Å². The van der Waals surface area contributed by atoms with E-state index in [1.54, 1.807) is 0 Å². The molecule has 2 heterocycles. The summed E-state index contributed by atoms with van der Waals surface area (Å²) in [6.07, 6.45) is 11.7. The van der Waals surface area contributed by atoms with Crippen molar-refractivity contribution in [3.63, 3.8) is 0 Å². The molecule has 1 saturated carbocycles. The number of hydrogen-bond acceptors (Lipinski definition) is 3. The van der Waals surface area contributed by atoms with Gasteiger partial charge in [0.1, 0.15) is 11.6 Å². The van der Waals surface area contributed by atoms with E-state index >= 15 is 0 Å². The minimum absolute atomic E-state index is 0.321. The van der Waals surface area contributed by atoms with Gasteiger partial charge in [-0.05, 0) is 38.5 Å². The van der Waals surface area contributed by atoms with Gasteiger partial charge in [0, 0.05) is 19.0 Å². The minimum Gasteiger partial charge on any atom is -0.314 e. The highest BCUT2D eigenvalue weighted by Crippen LogP contribution is 2.29. The summed E-state index contributed by atoms with van der Waals surface area (Å²) in [6, 6.07) is 0.985. The molecule has 1 fully saturated rings. The van der Waals surface area contributed by atoms with E-state index in [0.29, 0.717) is 12.1 Å². The molecular weight excluding hydrogens is 260 g/mol. The fraction of sp³-hybridized carbons (Fsp3) is 0.882. The summed E-state index contributed by atoms with van der Waals surface area (Å²) in [4.78, 5) is 0. The summed E-state index contributed by atoms with van der Waals surface area (Å²) in [7, 11) is 0. The summed E-state index contributed by atoms with van der Waals surface area (Å²) >= 11 is 0. The van der Waals surface area contributed by atoms with Crippen LogP contribution in [0.2, 0.25) is 0 Å². The first-order chi connectivity index (χ1) is 10.3. The molecule has 1 aromatic rings. The zero-order valence-corrected chi connectivity index (χ0v) is 13.6. The minimum atomic E-state index is 0.321. The third-order valence-electron chi connectivity index (χ3n) is 5.42. The van der Waals surface area contributed by atoms with E-state index in [1.807, 2.05) is 0 Å². The third kappa shape index (κ3) is 3.31. The summed E-state index contributed by atoms with van der Waals surface area (Å²) < 4.78 is 2.38. The summed E-state index contributed by atoms with van der Waals surface area (Å²) in [5, 5.41) is 12.8. The maximum atomic E-state index is 4.51. The maximum Gasteiger partial charge on any atom is 0.149 e. The molecular formula is C17H30N4. The number of rotatable bonds is 4. The Morgan fingerprint density at radius 3 is 2.86 bits per heavy atom. The highest BCUT2D eigenvalue weighted by molar-refractivity contribution is 5.03. The van der Waals surface area contributed by atoms with E-state index in [-0.39, 0.29) is 0 Å². The van der Waals surface area contributed by atoms with Crippen molar-refractivity contribution >= 4 is 0 Å². The monoisotopic (exact) mass is 290 g/mol. The molecule has 1 aliphatic heterocycles. The molecule has 0 bridgehead atoms. The van der Waals surface area contributed by atoms with Gasteiger partial charge >= 0.3 is 0 Å². The van der Waals surface area contributed by atoms with Gasteiger partial charge in [0.05, 0.1) is 6.04 Å². The predicted octanol–water partition coefficient (Wildman–Crippen LogP) is 3.62. The molecule has 3 atom stereocenters. The molecule has 3 rings (SSSR count). The number of nitrogens with zero attached hydrogens (tertiary/aromatic N) is 3. The van der Waals surface area contributed by atoms with Crippen molar-refractivity contribution in [2.45, 2.75) is 90.3 Å². The van der Waals surface area contributed by atoms with E-state index in [9.17, 15) is 0 Å². The highest BCUT2D eigenvalue weighted by atomic mass is 15.3. The lowest BCUT2D eigenvalue weighted by Gasteiger charge is -2.33. The Morgan fingerprint density at radius 2 is 2.00 bits per heavy atom. The van der Waals surface area contributed by atoms with Crippen LogP contribution in [-0.2, 0) is 13.0 Å². The molecule has 0 amide bonds. The van der Waals surface area contributed by atoms with Crippen LogP contribution >= 0.6 is 0 Å². The lowest BCUT2D eigenvalue weighted by Crippen LogP contribution is -2.40. The molecule has 1 aromatic heterocycles. The third-order valence-corrected chi connectivity index (χ3v) is 5.42. The van der Waals surface area contributed by atoms with Crippen molar-refractivity contribution in [2.24, 2.45) is 5.92 Å². The average Bonchev–Trinajstić information content (AvgIpc) is 2.77. The Morgan fingerprint density at radius 1 is 1.14 bits per heavy atom. The van der Waals surface area contributed by atoms with Crippen LogP contribution < -0.4 is 5.32 Å². The van der Waals surface area contributed by atoms with Crippen LogP contribution in [0.15, 0.2) is 0 Å². The van der Waals surface area contributed by atoms with Crippen molar-refractivity contribution in [1.29, 1.82) is 0 Å². The van der Waals surface area contributed by atoms with Crippen LogP contribution in [0.1, 0.15) is 82.9 Å². The predicted molar refractivity (Wildman–Crippen MR) is 85.2 cm³/mol. The van der Waals surface area contributed by atoms with Gasteiger partial charge in [-0.25, -0.2) is 0 Å². The first-order valence-electron chi connectivity index (χ1n) is 8.97. The van der Waals surface area contributed by atoms with Crippen molar-refractivity contribution < 1.29 is 0 Å². The topological polar surface area (TPSA) is 42.7 Å². The van der Waals surface area contributed by atoms with Crippen LogP contribution in [0.25, 0.3) is 0 Å². The van der Waals surface area contributed by atoms with Crippen molar-refractivity contribution in [3.05, 3.63) is 11.6 Å². The van der Waals surface area contributed by atoms with Crippen LogP contribution in [0.4, 0.5) is 0 Å². The van der Waals surface area contributed by atoms with E-state index in [1.165, 1.54) is 57.2 Å². The normalized spacial score (nSPS) is 27.9. The van der Waals surface area contributed by atoms with E-state index in [2.05, 4.69) is 33.9 Å². The molecule has 0 saturated heterocycles. The average molecular weight is 290 g/mol. The first kappa shape index (κ1) is 15.0. The van der Waals surface area contributed by atoms with Gasteiger partial charge in [-0.15, -0.1) is 10.2 Å². The number of aryl methyl sites for hydroxylation is 1. The van der Waals surface area contributed by atoms with Gasteiger partial charge in [-0.1, -0.05) is 32.6 Å². The second-order valence-corrected chi connectivity index (χ2v) is 6.88. The van der Waals surface area contributed by atoms with Crippen molar-refractivity contribution in [1.82, 2.24) is 20.1 Å². The van der Waals surface area contributed by atoms with Crippen LogP contribution in [0.5, 0.6) is 0 Å². The molecule has 4 heteroatoms. The van der Waals surface area contributed by atoms with Gasteiger partial charge in [-0.2, -0.15) is 0 Å². The molecule has 1 aliphatic carbocycles. The smallest absolute Gasteiger partial charge is 0.149 e. The van der Waals surface area contributed by atoms with Crippen LogP contribution in [0.3, 0.4) is 0 Å². The molecule has 4 nitrogen and oxygen atoms in total. The molecule has 0 spiro atoms. The summed E-state index contributed by atoms with van der Waals surface area (Å²) in [5.41, 5.74) is 0. The first-order valence-corrected chi connectivity index (χ1v) is 8.97. The molecule has 118 valence electrons. The zero-order chi connectivity index (χ0) is 14.7. The van der Waals surface area contributed by atoms with Gasteiger partial charge in [0.15, 0.2) is 0 Å². The number of nitrogens with one attached hydrogen (secondary N) is 1. The van der Waals surface area contributed by atoms with Crippen LogP contribution in [-0.4, -0.2) is 20.8 Å². The Balaban J connectivity index is 1.70. The van der Waals surface area contributed by atoms with E-state index in [4.69, 9.17) is 0 Å². The lowest BCUT2D eigenvalue weighted by molar-refractivity contribution is 0.237. The SMILES string of the molecule is CCC1CCCCC1NC(C)c1nnc2n1CCCCC2. The summed E-state index contributed by atoms with van der Waals surface area (Å²) in [5.74, 6) is 3.20. The Hall–Kier alpha value is -0.900. The molecule has 3 unspecified atom stereocenters. The quantitative estimate of drug-likeness (QED) is 0.921. The van der Waals surface area contributed by atoms with E-state index in [0.717, 1.165) is 24.7 Å². The molecule has 2 aliphatic rings. The second kappa shape index (κ2) is 6.91. The Kier molecular flexibility index (Phi) is 4.94. The van der Waals surface area contributed by atoms with Gasteiger partial charge in [0.2, 0.25) is 0 Å². The molecule has 0 aromatic carbocycles. The Bertz CT molecular complexity index is 454. The molecule has 21 heavy (non-hydrogen) atoms. The number of fused-ring (bicyclic) bond motifs is 1. The van der Waals surface area contributed by atoms with E-state index < -0.39 is 0 Å². The Labute approximate surface area is 128 Å². The number of hydrogen-bond donors (Lipinski definition) is 1. The highest BCUT2D eigenvalue weighted by Gasteiger charge is 2.27. The van der Waals surface area contributed by atoms with Crippen molar-refractivity contribution in [3.8, 4) is 0 Å². The lowest BCUT2D eigenvalue weighted by atomic mass is 9.82. The molecule has 0 radical (unpaired) electrons. The van der Waals surface area contributed by atoms with Crippen LogP contribution in [0, 0.1) is 5.92 Å². The molecule has 1 N–H and O–H groups in total. The standard InChI is InChI=1S/C17H30N4/c1-3-14-9-6-7-10-15(14)18-13(2)17-20-19-16-11-5-4-8-12-21(16)17/h13-15,18H,3-12H2,1-2H3.